The first-order valence-corrected chi connectivity index (χ1v) is 11.6. The number of ether oxygens (including phenoxy) is 1. The van der Waals surface area contributed by atoms with E-state index in [1.54, 1.807) is 12.1 Å². The normalized spacial score (nSPS) is 22.0. The Kier molecular flexibility index (Phi) is 5.31. The lowest BCUT2D eigenvalue weighted by atomic mass is 9.80. The second-order valence-electron chi connectivity index (χ2n) is 8.25. The van der Waals surface area contributed by atoms with Crippen LogP contribution in [0.4, 0.5) is 4.79 Å². The third-order valence-electron chi connectivity index (χ3n) is 6.05. The highest BCUT2D eigenvalue weighted by molar-refractivity contribution is 7.89. The molecular weight excluding hydrogens is 410 g/mol. The predicted octanol–water partition coefficient (Wildman–Crippen LogP) is 1.17. The molecule has 0 bridgehead atoms. The van der Waals surface area contributed by atoms with Crippen LogP contribution in [0.15, 0.2) is 29.2 Å². The van der Waals surface area contributed by atoms with E-state index in [-0.39, 0.29) is 30.5 Å². The van der Waals surface area contributed by atoms with Crippen LogP contribution in [0.1, 0.15) is 37.7 Å². The first-order valence-electron chi connectivity index (χ1n) is 10.1. The standard InChI is InChI=1S/C20H25N3O6S/c1-14-6-5-7-16(10-14)30(27,28)21-20(8-3-2-4-9-20)18(25)22-11-15(12-22)23-17(24)13-29-19(23)26/h5-7,10,15,21H,2-4,8-9,11-13H2,1H3. The molecule has 1 aromatic carbocycles. The summed E-state index contributed by atoms with van der Waals surface area (Å²) in [6.07, 6.45) is 2.58. The number of nitrogens with one attached hydrogen (secondary N) is 1. The Morgan fingerprint density at radius 1 is 1.17 bits per heavy atom. The number of amides is 3. The van der Waals surface area contributed by atoms with Gasteiger partial charge >= 0.3 is 6.09 Å². The van der Waals surface area contributed by atoms with Crippen LogP contribution in [-0.4, -0.2) is 67.4 Å². The van der Waals surface area contributed by atoms with Crippen LogP contribution in [0.3, 0.4) is 0 Å². The average Bonchev–Trinajstić information content (AvgIpc) is 3.00. The van der Waals surface area contributed by atoms with Gasteiger partial charge < -0.3 is 9.64 Å². The van der Waals surface area contributed by atoms with Gasteiger partial charge in [-0.15, -0.1) is 0 Å². The topological polar surface area (TPSA) is 113 Å². The fourth-order valence-electron chi connectivity index (χ4n) is 4.42. The van der Waals surface area contributed by atoms with Gasteiger partial charge in [-0.3, -0.25) is 9.59 Å². The number of carbonyl (C=O) groups is 3. The van der Waals surface area contributed by atoms with Crippen LogP contribution >= 0.6 is 0 Å². The quantitative estimate of drug-likeness (QED) is 0.743. The zero-order valence-electron chi connectivity index (χ0n) is 16.8. The van der Waals surface area contributed by atoms with Gasteiger partial charge in [-0.25, -0.2) is 18.1 Å². The van der Waals surface area contributed by atoms with Gasteiger partial charge in [0.15, 0.2) is 6.61 Å². The molecule has 3 aliphatic rings. The van der Waals surface area contributed by atoms with Crippen LogP contribution in [0.5, 0.6) is 0 Å². The van der Waals surface area contributed by atoms with Gasteiger partial charge in [0.05, 0.1) is 10.9 Å². The second kappa shape index (κ2) is 7.66. The van der Waals surface area contributed by atoms with E-state index < -0.39 is 33.6 Å². The Labute approximate surface area is 175 Å². The number of carbonyl (C=O) groups excluding carboxylic acids is 3. The Morgan fingerprint density at radius 3 is 2.47 bits per heavy atom. The zero-order chi connectivity index (χ0) is 21.5. The molecule has 3 fully saturated rings. The molecule has 0 unspecified atom stereocenters. The first kappa shape index (κ1) is 20.8. The van der Waals surface area contributed by atoms with E-state index in [1.165, 1.54) is 11.0 Å². The molecule has 0 atom stereocenters. The van der Waals surface area contributed by atoms with E-state index in [1.807, 2.05) is 13.0 Å². The van der Waals surface area contributed by atoms with Gasteiger partial charge in [-0.2, -0.15) is 4.72 Å². The van der Waals surface area contributed by atoms with Crippen molar-refractivity contribution >= 4 is 27.9 Å². The number of rotatable bonds is 5. The van der Waals surface area contributed by atoms with Crippen molar-refractivity contribution in [3.8, 4) is 0 Å². The minimum Gasteiger partial charge on any atom is -0.439 e. The minimum absolute atomic E-state index is 0.132. The lowest BCUT2D eigenvalue weighted by Crippen LogP contribution is -2.69. The van der Waals surface area contributed by atoms with Crippen molar-refractivity contribution in [1.82, 2.24) is 14.5 Å². The molecule has 2 saturated heterocycles. The highest BCUT2D eigenvalue weighted by Crippen LogP contribution is 2.34. The van der Waals surface area contributed by atoms with E-state index >= 15 is 0 Å². The van der Waals surface area contributed by atoms with Gasteiger partial charge in [0.1, 0.15) is 5.54 Å². The van der Waals surface area contributed by atoms with Crippen molar-refractivity contribution in [1.29, 1.82) is 0 Å². The maximum absolute atomic E-state index is 13.4. The van der Waals surface area contributed by atoms with E-state index in [2.05, 4.69) is 4.72 Å². The summed E-state index contributed by atoms with van der Waals surface area (Å²) in [7, 11) is -3.89. The summed E-state index contributed by atoms with van der Waals surface area (Å²) in [6.45, 7) is 1.91. The highest BCUT2D eigenvalue weighted by atomic mass is 32.2. The third-order valence-corrected chi connectivity index (χ3v) is 7.58. The number of nitrogens with zero attached hydrogens (tertiary/aromatic N) is 2. The molecular formula is C20H25N3O6S. The molecule has 1 aliphatic carbocycles. The van der Waals surface area contributed by atoms with E-state index in [0.29, 0.717) is 12.8 Å². The molecule has 0 spiro atoms. The molecule has 3 amide bonds. The third kappa shape index (κ3) is 3.69. The number of hydrogen-bond acceptors (Lipinski definition) is 6. The summed E-state index contributed by atoms with van der Waals surface area (Å²) in [5.41, 5.74) is -0.393. The molecule has 162 valence electrons. The Hall–Kier alpha value is -2.46. The lowest BCUT2D eigenvalue weighted by molar-refractivity contribution is -0.148. The number of sulfonamides is 1. The van der Waals surface area contributed by atoms with Crippen molar-refractivity contribution in [3.63, 3.8) is 0 Å². The summed E-state index contributed by atoms with van der Waals surface area (Å²) < 4.78 is 33.6. The second-order valence-corrected chi connectivity index (χ2v) is 9.93. The smallest absolute Gasteiger partial charge is 0.417 e. The lowest BCUT2D eigenvalue weighted by Gasteiger charge is -2.47. The van der Waals surface area contributed by atoms with Gasteiger partial charge in [0, 0.05) is 13.1 Å². The predicted molar refractivity (Wildman–Crippen MR) is 106 cm³/mol. The van der Waals surface area contributed by atoms with E-state index in [9.17, 15) is 22.8 Å². The summed E-state index contributed by atoms with van der Waals surface area (Å²) in [6, 6.07) is 6.15. The van der Waals surface area contributed by atoms with Crippen LogP contribution in [0, 0.1) is 6.92 Å². The van der Waals surface area contributed by atoms with Crippen LogP contribution in [0.2, 0.25) is 0 Å². The Balaban J connectivity index is 1.52. The Bertz CT molecular complexity index is 964. The van der Waals surface area contributed by atoms with E-state index in [4.69, 9.17) is 4.74 Å². The number of benzene rings is 1. The minimum atomic E-state index is -3.89. The van der Waals surface area contributed by atoms with Gasteiger partial charge in [-0.1, -0.05) is 31.4 Å². The SMILES string of the molecule is Cc1cccc(S(=O)(=O)NC2(C(=O)N3CC(N4C(=O)COC4=O)C3)CCCCC2)c1. The molecule has 10 heteroatoms. The fourth-order valence-corrected chi connectivity index (χ4v) is 5.94. The zero-order valence-corrected chi connectivity index (χ0v) is 17.6. The molecule has 2 aliphatic heterocycles. The maximum atomic E-state index is 13.4. The number of aryl methyl sites for hydroxylation is 1. The van der Waals surface area contributed by atoms with E-state index in [0.717, 1.165) is 29.7 Å². The van der Waals surface area contributed by atoms with Crippen molar-refractivity contribution in [2.75, 3.05) is 19.7 Å². The van der Waals surface area contributed by atoms with Crippen LogP contribution in [-0.2, 0) is 24.3 Å². The molecule has 2 heterocycles. The number of cyclic esters (lactones) is 1. The number of imide groups is 1. The average molecular weight is 436 g/mol. The summed E-state index contributed by atoms with van der Waals surface area (Å²) >= 11 is 0. The number of hydrogen-bond donors (Lipinski definition) is 1. The molecule has 1 saturated carbocycles. The van der Waals surface area contributed by atoms with Gasteiger partial charge in [0.25, 0.3) is 5.91 Å². The van der Waals surface area contributed by atoms with Crippen molar-refractivity contribution in [2.24, 2.45) is 0 Å². The molecule has 1 aromatic rings. The molecule has 0 radical (unpaired) electrons. The van der Waals surface area contributed by atoms with Gasteiger partial charge in [0.2, 0.25) is 15.9 Å². The van der Waals surface area contributed by atoms with Crippen LogP contribution < -0.4 is 4.72 Å². The van der Waals surface area contributed by atoms with Crippen molar-refractivity contribution < 1.29 is 27.5 Å². The highest BCUT2D eigenvalue weighted by Gasteiger charge is 2.51. The molecule has 9 nitrogen and oxygen atoms in total. The largest absolute Gasteiger partial charge is 0.439 e. The summed E-state index contributed by atoms with van der Waals surface area (Å²) in [5.74, 6) is -0.709. The first-order chi connectivity index (χ1) is 14.2. The molecule has 4 rings (SSSR count). The van der Waals surface area contributed by atoms with Crippen molar-refractivity contribution in [3.05, 3.63) is 29.8 Å². The molecule has 1 N–H and O–H groups in total. The number of likely N-dealkylation sites (tertiary alicyclic amines) is 1. The summed E-state index contributed by atoms with van der Waals surface area (Å²) in [4.78, 5) is 39.6. The van der Waals surface area contributed by atoms with Crippen molar-refractivity contribution in [2.45, 2.75) is 55.5 Å². The monoisotopic (exact) mass is 435 g/mol. The van der Waals surface area contributed by atoms with Gasteiger partial charge in [-0.05, 0) is 37.5 Å². The molecule has 0 aromatic heterocycles. The Morgan fingerprint density at radius 2 is 1.87 bits per heavy atom. The summed E-state index contributed by atoms with van der Waals surface area (Å²) in [5, 5.41) is 0. The maximum Gasteiger partial charge on any atom is 0.417 e. The van der Waals surface area contributed by atoms with Crippen LogP contribution in [0.25, 0.3) is 0 Å². The molecule has 30 heavy (non-hydrogen) atoms. The fraction of sp³-hybridized carbons (Fsp3) is 0.550.